The van der Waals surface area contributed by atoms with E-state index in [1.54, 1.807) is 6.20 Å². The molecule has 1 aromatic heterocycles. The number of hydrogen-bond donors (Lipinski definition) is 1. The van der Waals surface area contributed by atoms with E-state index in [0.717, 1.165) is 32.8 Å². The van der Waals surface area contributed by atoms with Crippen LogP contribution >= 0.6 is 0 Å². The third kappa shape index (κ3) is 2.82. The lowest BCUT2D eigenvalue weighted by molar-refractivity contribution is 0.0965. The third-order valence-corrected chi connectivity index (χ3v) is 2.54. The molecule has 1 aromatic rings. The van der Waals surface area contributed by atoms with Gasteiger partial charge in [0.1, 0.15) is 0 Å². The van der Waals surface area contributed by atoms with Gasteiger partial charge in [-0.25, -0.2) is 0 Å². The molecule has 1 unspecified atom stereocenters. The Morgan fingerprint density at radius 1 is 1.57 bits per heavy atom. The van der Waals surface area contributed by atoms with Crippen LogP contribution in [0.3, 0.4) is 0 Å². The molecule has 4 heteroatoms. The fourth-order valence-corrected chi connectivity index (χ4v) is 1.70. The van der Waals surface area contributed by atoms with Crippen LogP contribution < -0.4 is 5.32 Å². The van der Waals surface area contributed by atoms with E-state index >= 15 is 0 Å². The topological polar surface area (TPSA) is 39.1 Å². The molecule has 1 fully saturated rings. The van der Waals surface area contributed by atoms with Crippen LogP contribution in [0.1, 0.15) is 6.42 Å². The number of aromatic nitrogens is 2. The molecule has 1 aliphatic rings. The summed E-state index contributed by atoms with van der Waals surface area (Å²) in [6.45, 7) is 4.76. The van der Waals surface area contributed by atoms with Crippen LogP contribution in [0.2, 0.25) is 0 Å². The highest BCUT2D eigenvalue weighted by Crippen LogP contribution is 2.07. The van der Waals surface area contributed by atoms with Gasteiger partial charge in [-0.05, 0) is 24.9 Å². The number of ether oxygens (including phenoxy) is 1. The van der Waals surface area contributed by atoms with Gasteiger partial charge in [0, 0.05) is 18.9 Å². The Morgan fingerprint density at radius 2 is 2.57 bits per heavy atom. The first kappa shape index (κ1) is 9.68. The molecule has 0 amide bonds. The van der Waals surface area contributed by atoms with Gasteiger partial charge in [0.25, 0.3) is 0 Å². The first-order valence-electron chi connectivity index (χ1n) is 5.21. The second kappa shape index (κ2) is 5.12. The van der Waals surface area contributed by atoms with Crippen LogP contribution in [0.5, 0.6) is 0 Å². The van der Waals surface area contributed by atoms with Gasteiger partial charge < -0.3 is 10.1 Å². The summed E-state index contributed by atoms with van der Waals surface area (Å²) in [4.78, 5) is 0. The third-order valence-electron chi connectivity index (χ3n) is 2.54. The molecule has 1 N–H and O–H groups in total. The van der Waals surface area contributed by atoms with Gasteiger partial charge in [-0.1, -0.05) is 0 Å². The largest absolute Gasteiger partial charge is 0.379 e. The van der Waals surface area contributed by atoms with Crippen molar-refractivity contribution in [2.24, 2.45) is 5.92 Å². The minimum atomic E-state index is 0.715. The summed E-state index contributed by atoms with van der Waals surface area (Å²) in [6.07, 6.45) is 5.00. The molecule has 0 aromatic carbocycles. The van der Waals surface area contributed by atoms with Crippen molar-refractivity contribution in [1.29, 1.82) is 0 Å². The highest BCUT2D eigenvalue weighted by Gasteiger charge is 2.13. The molecular formula is C10H17N3O. The van der Waals surface area contributed by atoms with Crippen LogP contribution in [-0.4, -0.2) is 36.1 Å². The van der Waals surface area contributed by atoms with Crippen molar-refractivity contribution < 1.29 is 4.74 Å². The Morgan fingerprint density at radius 3 is 3.29 bits per heavy atom. The normalized spacial score (nSPS) is 21.6. The summed E-state index contributed by atoms with van der Waals surface area (Å²) in [5.74, 6) is 0.715. The standard InChI is InChI=1S/C10H17N3O/c1-3-12-13(5-1)6-7-14-9-10-2-4-11-8-10/h1,3,5,10-11H,2,4,6-9H2. The molecule has 0 saturated carbocycles. The Hall–Kier alpha value is -0.870. The fourth-order valence-electron chi connectivity index (χ4n) is 1.70. The smallest absolute Gasteiger partial charge is 0.0662 e. The van der Waals surface area contributed by atoms with E-state index in [1.165, 1.54) is 6.42 Å². The van der Waals surface area contributed by atoms with Crippen molar-refractivity contribution in [3.05, 3.63) is 18.5 Å². The van der Waals surface area contributed by atoms with Crippen LogP contribution in [-0.2, 0) is 11.3 Å². The van der Waals surface area contributed by atoms with E-state index in [4.69, 9.17) is 4.74 Å². The van der Waals surface area contributed by atoms with Crippen molar-refractivity contribution in [1.82, 2.24) is 15.1 Å². The molecule has 14 heavy (non-hydrogen) atoms. The predicted octanol–water partition coefficient (Wildman–Crippen LogP) is 0.509. The quantitative estimate of drug-likeness (QED) is 0.696. The minimum Gasteiger partial charge on any atom is -0.379 e. The average molecular weight is 195 g/mol. The molecular weight excluding hydrogens is 178 g/mol. The Labute approximate surface area is 84.3 Å². The second-order valence-electron chi connectivity index (χ2n) is 3.70. The summed E-state index contributed by atoms with van der Waals surface area (Å²) < 4.78 is 7.49. The molecule has 2 heterocycles. The predicted molar refractivity (Wildman–Crippen MR) is 54.0 cm³/mol. The van der Waals surface area contributed by atoms with Gasteiger partial charge in [-0.2, -0.15) is 5.10 Å². The SMILES string of the molecule is c1cnn(CCOCC2CCNC2)c1. The van der Waals surface area contributed by atoms with Crippen molar-refractivity contribution in [3.8, 4) is 0 Å². The molecule has 1 aliphatic heterocycles. The van der Waals surface area contributed by atoms with Gasteiger partial charge in [-0.3, -0.25) is 4.68 Å². The Balaban J connectivity index is 1.55. The molecule has 78 valence electrons. The first-order chi connectivity index (χ1) is 6.95. The summed E-state index contributed by atoms with van der Waals surface area (Å²) in [7, 11) is 0. The van der Waals surface area contributed by atoms with Gasteiger partial charge in [0.05, 0.1) is 19.8 Å². The monoisotopic (exact) mass is 195 g/mol. The molecule has 0 spiro atoms. The maximum atomic E-state index is 5.59. The molecule has 0 radical (unpaired) electrons. The van der Waals surface area contributed by atoms with Crippen molar-refractivity contribution in [2.45, 2.75) is 13.0 Å². The molecule has 0 aliphatic carbocycles. The fraction of sp³-hybridized carbons (Fsp3) is 0.700. The summed E-state index contributed by atoms with van der Waals surface area (Å²) in [6, 6.07) is 1.93. The molecule has 1 saturated heterocycles. The van der Waals surface area contributed by atoms with Gasteiger partial charge in [0.15, 0.2) is 0 Å². The lowest BCUT2D eigenvalue weighted by Gasteiger charge is -2.08. The van der Waals surface area contributed by atoms with Crippen molar-refractivity contribution >= 4 is 0 Å². The van der Waals surface area contributed by atoms with Crippen LogP contribution in [0.25, 0.3) is 0 Å². The van der Waals surface area contributed by atoms with Crippen molar-refractivity contribution in [2.75, 3.05) is 26.3 Å². The van der Waals surface area contributed by atoms with Crippen LogP contribution in [0.4, 0.5) is 0 Å². The zero-order valence-electron chi connectivity index (χ0n) is 8.35. The zero-order chi connectivity index (χ0) is 9.64. The lowest BCUT2D eigenvalue weighted by atomic mass is 10.1. The van der Waals surface area contributed by atoms with E-state index in [2.05, 4.69) is 10.4 Å². The molecule has 2 rings (SSSR count). The van der Waals surface area contributed by atoms with Crippen LogP contribution in [0.15, 0.2) is 18.5 Å². The highest BCUT2D eigenvalue weighted by molar-refractivity contribution is 4.77. The molecule has 4 nitrogen and oxygen atoms in total. The van der Waals surface area contributed by atoms with E-state index in [-0.39, 0.29) is 0 Å². The zero-order valence-corrected chi connectivity index (χ0v) is 8.35. The first-order valence-corrected chi connectivity index (χ1v) is 5.21. The summed E-state index contributed by atoms with van der Waals surface area (Å²) in [5, 5.41) is 7.44. The number of nitrogens with zero attached hydrogens (tertiary/aromatic N) is 2. The van der Waals surface area contributed by atoms with Gasteiger partial charge in [-0.15, -0.1) is 0 Å². The number of hydrogen-bond acceptors (Lipinski definition) is 3. The second-order valence-corrected chi connectivity index (χ2v) is 3.70. The molecule has 0 bridgehead atoms. The lowest BCUT2D eigenvalue weighted by Crippen LogP contribution is -2.15. The van der Waals surface area contributed by atoms with E-state index < -0.39 is 0 Å². The van der Waals surface area contributed by atoms with E-state index in [9.17, 15) is 0 Å². The molecule has 1 atom stereocenters. The average Bonchev–Trinajstić information content (AvgIpc) is 2.86. The Bertz CT molecular complexity index is 242. The minimum absolute atomic E-state index is 0.715. The maximum absolute atomic E-state index is 5.59. The van der Waals surface area contributed by atoms with E-state index in [0.29, 0.717) is 5.92 Å². The van der Waals surface area contributed by atoms with E-state index in [1.807, 2.05) is 16.9 Å². The summed E-state index contributed by atoms with van der Waals surface area (Å²) in [5.41, 5.74) is 0. The van der Waals surface area contributed by atoms with Crippen molar-refractivity contribution in [3.63, 3.8) is 0 Å². The van der Waals surface area contributed by atoms with Crippen LogP contribution in [0, 0.1) is 5.92 Å². The number of rotatable bonds is 5. The van der Waals surface area contributed by atoms with Gasteiger partial charge >= 0.3 is 0 Å². The maximum Gasteiger partial charge on any atom is 0.0662 e. The summed E-state index contributed by atoms with van der Waals surface area (Å²) >= 11 is 0. The van der Waals surface area contributed by atoms with Gasteiger partial charge in [0.2, 0.25) is 0 Å². The Kier molecular flexibility index (Phi) is 3.54. The highest BCUT2D eigenvalue weighted by atomic mass is 16.5. The number of nitrogens with one attached hydrogen (secondary N) is 1.